The summed E-state index contributed by atoms with van der Waals surface area (Å²) in [6.45, 7) is 0. The van der Waals surface area contributed by atoms with Gasteiger partial charge in [-0.25, -0.2) is 13.1 Å². The number of alkyl halides is 3. The Bertz CT molecular complexity index is 567. The Kier molecular flexibility index (Phi) is 3.46. The van der Waals surface area contributed by atoms with Gasteiger partial charge in [0.1, 0.15) is 0 Å². The Hall–Kier alpha value is -0.600. The van der Waals surface area contributed by atoms with Gasteiger partial charge in [0, 0.05) is 10.5 Å². The summed E-state index contributed by atoms with van der Waals surface area (Å²) in [5.41, 5.74) is -0.984. The lowest BCUT2D eigenvalue weighted by atomic mass is 10.2. The van der Waals surface area contributed by atoms with Crippen molar-refractivity contribution in [3.63, 3.8) is 0 Å². The number of benzene rings is 1. The molecule has 0 amide bonds. The fourth-order valence-corrected chi connectivity index (χ4v) is 3.66. The average Bonchev–Trinajstić information content (AvgIpc) is 2.99. The molecule has 0 bridgehead atoms. The summed E-state index contributed by atoms with van der Waals surface area (Å²) in [6, 6.07) is 2.40. The standard InChI is InChI=1S/C10H9BrF3NO2S/c11-8-4-1-6(10(12,13)14)5-9(8)18(16,17)15-7-2-3-7/h1,4-5,7,15H,2-3H2. The van der Waals surface area contributed by atoms with E-state index in [0.29, 0.717) is 6.07 Å². The molecule has 0 radical (unpaired) electrons. The van der Waals surface area contributed by atoms with Gasteiger partial charge in [-0.1, -0.05) is 0 Å². The number of sulfonamides is 1. The molecule has 0 unspecified atom stereocenters. The normalized spacial score (nSPS) is 16.9. The predicted octanol–water partition coefficient (Wildman–Crippen LogP) is 2.91. The second-order valence-corrected chi connectivity index (χ2v) is 6.58. The first-order valence-electron chi connectivity index (χ1n) is 5.09. The van der Waals surface area contributed by atoms with Gasteiger partial charge in [-0.2, -0.15) is 13.2 Å². The summed E-state index contributed by atoms with van der Waals surface area (Å²) in [7, 11) is -3.91. The number of rotatable bonds is 3. The minimum absolute atomic E-state index is 0.114. The highest BCUT2D eigenvalue weighted by Crippen LogP contribution is 2.34. The van der Waals surface area contributed by atoms with Gasteiger partial charge in [-0.15, -0.1) is 0 Å². The van der Waals surface area contributed by atoms with Crippen LogP contribution in [0.15, 0.2) is 27.6 Å². The van der Waals surface area contributed by atoms with Crippen molar-refractivity contribution < 1.29 is 21.6 Å². The van der Waals surface area contributed by atoms with E-state index in [1.807, 2.05) is 0 Å². The van der Waals surface area contributed by atoms with Gasteiger partial charge in [0.2, 0.25) is 10.0 Å². The molecule has 0 atom stereocenters. The van der Waals surface area contributed by atoms with Gasteiger partial charge in [-0.3, -0.25) is 0 Å². The molecule has 100 valence electrons. The molecular weight excluding hydrogens is 335 g/mol. The lowest BCUT2D eigenvalue weighted by Gasteiger charge is -2.11. The Morgan fingerprint density at radius 2 is 1.89 bits per heavy atom. The van der Waals surface area contributed by atoms with Crippen LogP contribution in [0.2, 0.25) is 0 Å². The van der Waals surface area contributed by atoms with Crippen LogP contribution in [0.4, 0.5) is 13.2 Å². The summed E-state index contributed by atoms with van der Waals surface area (Å²) in [4.78, 5) is -0.385. The van der Waals surface area contributed by atoms with Crippen molar-refractivity contribution in [3.05, 3.63) is 28.2 Å². The topological polar surface area (TPSA) is 46.2 Å². The molecule has 2 rings (SSSR count). The maximum Gasteiger partial charge on any atom is 0.416 e. The summed E-state index contributed by atoms with van der Waals surface area (Å²) in [5.74, 6) is 0. The van der Waals surface area contributed by atoms with E-state index in [4.69, 9.17) is 0 Å². The van der Waals surface area contributed by atoms with E-state index in [-0.39, 0.29) is 15.4 Å². The summed E-state index contributed by atoms with van der Waals surface area (Å²) in [5, 5.41) is 0. The van der Waals surface area contributed by atoms with Gasteiger partial charge < -0.3 is 0 Å². The van der Waals surface area contributed by atoms with Crippen molar-refractivity contribution in [2.24, 2.45) is 0 Å². The Balaban J connectivity index is 2.42. The number of hydrogen-bond acceptors (Lipinski definition) is 2. The van der Waals surface area contributed by atoms with E-state index in [9.17, 15) is 21.6 Å². The van der Waals surface area contributed by atoms with Crippen molar-refractivity contribution in [1.29, 1.82) is 0 Å². The number of hydrogen-bond donors (Lipinski definition) is 1. The number of halogens is 4. The highest BCUT2D eigenvalue weighted by atomic mass is 79.9. The molecule has 1 aliphatic rings. The van der Waals surface area contributed by atoms with E-state index in [0.717, 1.165) is 25.0 Å². The third-order valence-corrected chi connectivity index (χ3v) is 4.96. The highest BCUT2D eigenvalue weighted by Gasteiger charge is 2.34. The van der Waals surface area contributed by atoms with Crippen molar-refractivity contribution in [2.45, 2.75) is 30.0 Å². The minimum atomic E-state index is -4.56. The van der Waals surface area contributed by atoms with E-state index in [1.54, 1.807) is 0 Å². The largest absolute Gasteiger partial charge is 0.416 e. The zero-order valence-corrected chi connectivity index (χ0v) is 11.4. The fraction of sp³-hybridized carbons (Fsp3) is 0.400. The molecule has 0 saturated heterocycles. The molecule has 18 heavy (non-hydrogen) atoms. The zero-order valence-electron chi connectivity index (χ0n) is 8.96. The number of nitrogens with one attached hydrogen (secondary N) is 1. The second-order valence-electron chi connectivity index (χ2n) is 4.04. The van der Waals surface area contributed by atoms with Crippen LogP contribution in [-0.4, -0.2) is 14.5 Å². The van der Waals surface area contributed by atoms with Crippen LogP contribution < -0.4 is 4.72 Å². The molecule has 3 nitrogen and oxygen atoms in total. The molecule has 8 heteroatoms. The maximum atomic E-state index is 12.5. The van der Waals surface area contributed by atoms with Crippen molar-refractivity contribution in [1.82, 2.24) is 4.72 Å². The fourth-order valence-electron chi connectivity index (χ4n) is 1.37. The van der Waals surface area contributed by atoms with Gasteiger partial charge >= 0.3 is 6.18 Å². The molecule has 0 heterocycles. The monoisotopic (exact) mass is 343 g/mol. The van der Waals surface area contributed by atoms with Crippen molar-refractivity contribution in [3.8, 4) is 0 Å². The van der Waals surface area contributed by atoms with Gasteiger partial charge in [0.15, 0.2) is 0 Å². The van der Waals surface area contributed by atoms with Crippen LogP contribution in [0.3, 0.4) is 0 Å². The molecule has 0 aliphatic heterocycles. The lowest BCUT2D eigenvalue weighted by Crippen LogP contribution is -2.26. The molecule has 1 aromatic rings. The molecule has 1 fully saturated rings. The summed E-state index contributed by atoms with van der Waals surface area (Å²) < 4.78 is 63.8. The lowest BCUT2D eigenvalue weighted by molar-refractivity contribution is -0.137. The Morgan fingerprint density at radius 1 is 1.28 bits per heavy atom. The molecule has 0 aromatic heterocycles. The summed E-state index contributed by atoms with van der Waals surface area (Å²) >= 11 is 2.96. The smallest absolute Gasteiger partial charge is 0.208 e. The third kappa shape index (κ3) is 3.04. The highest BCUT2D eigenvalue weighted by molar-refractivity contribution is 9.10. The van der Waals surface area contributed by atoms with Crippen molar-refractivity contribution in [2.75, 3.05) is 0 Å². The first-order chi connectivity index (χ1) is 8.20. The molecule has 0 spiro atoms. The SMILES string of the molecule is O=S(=O)(NC1CC1)c1cc(C(F)(F)F)ccc1Br. The zero-order chi connectivity index (χ0) is 13.6. The van der Waals surface area contributed by atoms with Crippen LogP contribution in [0, 0.1) is 0 Å². The van der Waals surface area contributed by atoms with Crippen LogP contribution in [-0.2, 0) is 16.2 Å². The summed E-state index contributed by atoms with van der Waals surface area (Å²) in [6.07, 6.45) is -3.13. The minimum Gasteiger partial charge on any atom is -0.208 e. The van der Waals surface area contributed by atoms with Crippen LogP contribution in [0.25, 0.3) is 0 Å². The van der Waals surface area contributed by atoms with E-state index in [2.05, 4.69) is 20.7 Å². The van der Waals surface area contributed by atoms with Gasteiger partial charge in [0.05, 0.1) is 10.5 Å². The van der Waals surface area contributed by atoms with E-state index in [1.165, 1.54) is 0 Å². The van der Waals surface area contributed by atoms with E-state index >= 15 is 0 Å². The Labute approximate surface area is 111 Å². The quantitative estimate of drug-likeness (QED) is 0.917. The second kappa shape index (κ2) is 4.50. The van der Waals surface area contributed by atoms with Gasteiger partial charge in [0.25, 0.3) is 0 Å². The Morgan fingerprint density at radius 3 is 2.39 bits per heavy atom. The maximum absolute atomic E-state index is 12.5. The molecule has 1 saturated carbocycles. The predicted molar refractivity (Wildman–Crippen MR) is 62.5 cm³/mol. The molecular formula is C10H9BrF3NO2S. The van der Waals surface area contributed by atoms with E-state index < -0.39 is 21.8 Å². The van der Waals surface area contributed by atoms with Gasteiger partial charge in [-0.05, 0) is 47.0 Å². The third-order valence-electron chi connectivity index (χ3n) is 2.45. The molecule has 1 aromatic carbocycles. The molecule has 1 N–H and O–H groups in total. The van der Waals surface area contributed by atoms with Crippen LogP contribution >= 0.6 is 15.9 Å². The van der Waals surface area contributed by atoms with Crippen LogP contribution in [0.1, 0.15) is 18.4 Å². The average molecular weight is 344 g/mol. The first-order valence-corrected chi connectivity index (χ1v) is 7.37. The first kappa shape index (κ1) is 13.8. The van der Waals surface area contributed by atoms with Crippen molar-refractivity contribution >= 4 is 26.0 Å². The van der Waals surface area contributed by atoms with Crippen LogP contribution in [0.5, 0.6) is 0 Å². The molecule has 1 aliphatic carbocycles.